The summed E-state index contributed by atoms with van der Waals surface area (Å²) in [6, 6.07) is 0. The summed E-state index contributed by atoms with van der Waals surface area (Å²) in [7, 11) is -3.36. The van der Waals surface area contributed by atoms with E-state index in [1.54, 1.807) is 0 Å². The second-order valence-electron chi connectivity index (χ2n) is 5.48. The van der Waals surface area contributed by atoms with E-state index >= 15 is 0 Å². The summed E-state index contributed by atoms with van der Waals surface area (Å²) in [6.45, 7) is 6.07. The van der Waals surface area contributed by atoms with Crippen molar-refractivity contribution in [2.45, 2.75) is 51.0 Å². The standard InChI is InChI=1S/C14H24N2O2S2/c1-3-7-15-9-13-14(11(2)10-19-13)20(17,18)16-8-6-12-4-5-12/h10,12,15-16H,3-9H2,1-2H3. The highest BCUT2D eigenvalue weighted by atomic mass is 32.2. The average Bonchev–Trinajstić information content (AvgIpc) is 3.12. The topological polar surface area (TPSA) is 58.2 Å². The molecule has 114 valence electrons. The van der Waals surface area contributed by atoms with Crippen LogP contribution < -0.4 is 10.0 Å². The molecule has 0 amide bonds. The van der Waals surface area contributed by atoms with Crippen LogP contribution in [0.3, 0.4) is 0 Å². The van der Waals surface area contributed by atoms with Crippen LogP contribution in [0.1, 0.15) is 43.0 Å². The molecule has 0 spiro atoms. The molecule has 0 aliphatic heterocycles. The quantitative estimate of drug-likeness (QED) is 0.689. The van der Waals surface area contributed by atoms with Gasteiger partial charge in [-0.25, -0.2) is 13.1 Å². The van der Waals surface area contributed by atoms with Crippen LogP contribution in [0, 0.1) is 12.8 Å². The average molecular weight is 316 g/mol. The number of sulfonamides is 1. The highest BCUT2D eigenvalue weighted by molar-refractivity contribution is 7.89. The van der Waals surface area contributed by atoms with Crippen molar-refractivity contribution in [3.8, 4) is 0 Å². The van der Waals surface area contributed by atoms with Gasteiger partial charge in [0, 0.05) is 18.0 Å². The molecule has 0 saturated heterocycles. The van der Waals surface area contributed by atoms with E-state index in [2.05, 4.69) is 17.0 Å². The van der Waals surface area contributed by atoms with E-state index in [4.69, 9.17) is 0 Å². The SMILES string of the molecule is CCCNCc1scc(C)c1S(=O)(=O)NCCC1CC1. The number of thiophene rings is 1. The van der Waals surface area contributed by atoms with Crippen molar-refractivity contribution in [2.24, 2.45) is 5.92 Å². The van der Waals surface area contributed by atoms with Crippen LogP contribution in [-0.2, 0) is 16.6 Å². The van der Waals surface area contributed by atoms with E-state index in [0.717, 1.165) is 35.7 Å². The van der Waals surface area contributed by atoms with Gasteiger partial charge in [-0.05, 0) is 43.2 Å². The summed E-state index contributed by atoms with van der Waals surface area (Å²) in [6.07, 6.45) is 4.52. The summed E-state index contributed by atoms with van der Waals surface area (Å²) in [5.41, 5.74) is 0.849. The lowest BCUT2D eigenvalue weighted by Crippen LogP contribution is -2.27. The van der Waals surface area contributed by atoms with E-state index in [1.165, 1.54) is 24.2 Å². The van der Waals surface area contributed by atoms with Crippen molar-refractivity contribution in [2.75, 3.05) is 13.1 Å². The molecular weight excluding hydrogens is 292 g/mol. The van der Waals surface area contributed by atoms with Crippen molar-refractivity contribution < 1.29 is 8.42 Å². The van der Waals surface area contributed by atoms with Crippen molar-refractivity contribution >= 4 is 21.4 Å². The van der Waals surface area contributed by atoms with E-state index in [-0.39, 0.29) is 0 Å². The summed E-state index contributed by atoms with van der Waals surface area (Å²) >= 11 is 1.52. The molecular formula is C14H24N2O2S2. The molecule has 0 aromatic carbocycles. The third-order valence-corrected chi connectivity index (χ3v) is 6.44. The molecule has 0 unspecified atom stereocenters. The number of hydrogen-bond acceptors (Lipinski definition) is 4. The molecule has 1 aromatic rings. The van der Waals surface area contributed by atoms with E-state index < -0.39 is 10.0 Å². The molecule has 1 aliphatic rings. The fourth-order valence-corrected chi connectivity index (χ4v) is 5.05. The lowest BCUT2D eigenvalue weighted by molar-refractivity contribution is 0.572. The minimum atomic E-state index is -3.36. The maximum atomic E-state index is 12.4. The van der Waals surface area contributed by atoms with Crippen molar-refractivity contribution in [1.29, 1.82) is 0 Å². The third kappa shape index (κ3) is 4.28. The lowest BCUT2D eigenvalue weighted by Gasteiger charge is -2.09. The molecule has 2 N–H and O–H groups in total. The minimum absolute atomic E-state index is 0.488. The monoisotopic (exact) mass is 316 g/mol. The molecule has 20 heavy (non-hydrogen) atoms. The maximum absolute atomic E-state index is 12.4. The Kier molecular flexibility index (Phi) is 5.60. The van der Waals surface area contributed by atoms with E-state index in [0.29, 0.717) is 18.0 Å². The predicted octanol–water partition coefficient (Wildman–Crippen LogP) is 2.63. The number of nitrogens with one attached hydrogen (secondary N) is 2. The van der Waals surface area contributed by atoms with E-state index in [9.17, 15) is 8.42 Å². The molecule has 2 rings (SSSR count). The zero-order valence-corrected chi connectivity index (χ0v) is 13.9. The Labute approximate surface area is 126 Å². The van der Waals surface area contributed by atoms with Gasteiger partial charge in [-0.2, -0.15) is 0 Å². The van der Waals surface area contributed by atoms with Gasteiger partial charge in [-0.1, -0.05) is 19.8 Å². The molecule has 4 nitrogen and oxygen atoms in total. The fourth-order valence-electron chi connectivity index (χ4n) is 2.23. The highest BCUT2D eigenvalue weighted by Crippen LogP contribution is 2.32. The van der Waals surface area contributed by atoms with Crippen molar-refractivity contribution in [3.05, 3.63) is 15.8 Å². The minimum Gasteiger partial charge on any atom is -0.312 e. The zero-order chi connectivity index (χ0) is 14.6. The molecule has 1 aromatic heterocycles. The van der Waals surface area contributed by atoms with Gasteiger partial charge < -0.3 is 5.32 Å². The van der Waals surface area contributed by atoms with E-state index in [1.807, 2.05) is 12.3 Å². The summed E-state index contributed by atoms with van der Waals surface area (Å²) < 4.78 is 27.6. The fraction of sp³-hybridized carbons (Fsp3) is 0.714. The number of aryl methyl sites for hydroxylation is 1. The van der Waals surface area contributed by atoms with Crippen LogP contribution >= 0.6 is 11.3 Å². The van der Waals surface area contributed by atoms with Gasteiger partial charge in [-0.15, -0.1) is 11.3 Å². The summed E-state index contributed by atoms with van der Waals surface area (Å²) in [5.74, 6) is 0.743. The van der Waals surface area contributed by atoms with Gasteiger partial charge in [0.25, 0.3) is 0 Å². The largest absolute Gasteiger partial charge is 0.312 e. The van der Waals surface area contributed by atoms with Crippen LogP contribution in [0.2, 0.25) is 0 Å². The van der Waals surface area contributed by atoms with Crippen molar-refractivity contribution in [3.63, 3.8) is 0 Å². The maximum Gasteiger partial charge on any atom is 0.241 e. The first-order valence-corrected chi connectivity index (χ1v) is 9.68. The molecule has 1 saturated carbocycles. The Bertz CT molecular complexity index is 533. The highest BCUT2D eigenvalue weighted by Gasteiger charge is 2.25. The number of rotatable bonds is 9. The van der Waals surface area contributed by atoms with Crippen LogP contribution in [-0.4, -0.2) is 21.5 Å². The van der Waals surface area contributed by atoms with Crippen LogP contribution in [0.4, 0.5) is 0 Å². The molecule has 6 heteroatoms. The van der Waals surface area contributed by atoms with Gasteiger partial charge in [-0.3, -0.25) is 0 Å². The van der Waals surface area contributed by atoms with Gasteiger partial charge >= 0.3 is 0 Å². The Morgan fingerprint density at radius 2 is 2.10 bits per heavy atom. The Morgan fingerprint density at radius 1 is 1.35 bits per heavy atom. The van der Waals surface area contributed by atoms with Gasteiger partial charge in [0.05, 0.1) is 0 Å². The summed E-state index contributed by atoms with van der Waals surface area (Å²) in [5, 5.41) is 5.21. The van der Waals surface area contributed by atoms with Gasteiger partial charge in [0.2, 0.25) is 10.0 Å². The Hall–Kier alpha value is -0.430. The molecule has 1 aliphatic carbocycles. The first kappa shape index (κ1) is 15.9. The van der Waals surface area contributed by atoms with Crippen LogP contribution in [0.5, 0.6) is 0 Å². The third-order valence-electron chi connectivity index (χ3n) is 3.51. The predicted molar refractivity (Wildman–Crippen MR) is 83.6 cm³/mol. The smallest absolute Gasteiger partial charge is 0.241 e. The van der Waals surface area contributed by atoms with Crippen LogP contribution in [0.15, 0.2) is 10.3 Å². The first-order valence-electron chi connectivity index (χ1n) is 7.32. The second kappa shape index (κ2) is 7.02. The molecule has 1 heterocycles. The molecule has 0 atom stereocenters. The Morgan fingerprint density at radius 3 is 2.75 bits per heavy atom. The summed E-state index contributed by atoms with van der Waals surface area (Å²) in [4.78, 5) is 1.40. The van der Waals surface area contributed by atoms with Crippen molar-refractivity contribution in [1.82, 2.24) is 10.0 Å². The van der Waals surface area contributed by atoms with Gasteiger partial charge in [0.15, 0.2) is 0 Å². The Balaban J connectivity index is 2.02. The molecule has 1 fully saturated rings. The molecule has 0 radical (unpaired) electrons. The molecule has 0 bridgehead atoms. The lowest BCUT2D eigenvalue weighted by atomic mass is 10.3. The number of hydrogen-bond donors (Lipinski definition) is 2. The first-order chi connectivity index (χ1) is 9.54. The van der Waals surface area contributed by atoms with Crippen LogP contribution in [0.25, 0.3) is 0 Å². The zero-order valence-electron chi connectivity index (χ0n) is 12.2. The second-order valence-corrected chi connectivity index (χ2v) is 8.15. The normalized spacial score (nSPS) is 15.7. The van der Waals surface area contributed by atoms with Gasteiger partial charge in [0.1, 0.15) is 4.90 Å².